The van der Waals surface area contributed by atoms with E-state index in [0.29, 0.717) is 5.92 Å². The number of anilines is 1. The predicted octanol–water partition coefficient (Wildman–Crippen LogP) is 2.69. The Morgan fingerprint density at radius 1 is 1.43 bits per heavy atom. The van der Waals surface area contributed by atoms with Crippen molar-refractivity contribution in [2.24, 2.45) is 11.8 Å². The van der Waals surface area contributed by atoms with Crippen LogP contribution in [0.25, 0.3) is 0 Å². The summed E-state index contributed by atoms with van der Waals surface area (Å²) >= 11 is 0. The number of ether oxygens (including phenoxy) is 1. The minimum Gasteiger partial charge on any atom is -0.379 e. The number of hydrogen-bond donors (Lipinski definition) is 1. The normalized spacial score (nSPS) is 14.7. The predicted molar refractivity (Wildman–Crippen MR) is 87.6 cm³/mol. The van der Waals surface area contributed by atoms with Crippen LogP contribution >= 0.6 is 0 Å². The summed E-state index contributed by atoms with van der Waals surface area (Å²) in [4.78, 5) is 6.51. The number of pyridine rings is 1. The summed E-state index contributed by atoms with van der Waals surface area (Å²) in [5, 5.41) is 3.50. The van der Waals surface area contributed by atoms with Crippen LogP contribution in [0.4, 0.5) is 5.69 Å². The van der Waals surface area contributed by atoms with Crippen molar-refractivity contribution >= 4 is 5.69 Å². The molecule has 0 radical (unpaired) electrons. The monoisotopic (exact) mass is 291 g/mol. The summed E-state index contributed by atoms with van der Waals surface area (Å²) in [5.41, 5.74) is 2.50. The van der Waals surface area contributed by atoms with Gasteiger partial charge in [0.25, 0.3) is 0 Å². The van der Waals surface area contributed by atoms with Crippen LogP contribution in [0, 0.1) is 11.8 Å². The maximum Gasteiger partial charge on any atom is 0.0641 e. The summed E-state index contributed by atoms with van der Waals surface area (Å²) < 4.78 is 5.72. The smallest absolute Gasteiger partial charge is 0.0641 e. The summed E-state index contributed by atoms with van der Waals surface area (Å²) in [7, 11) is 2.11. The topological polar surface area (TPSA) is 37.4 Å². The third kappa shape index (κ3) is 6.02. The Bertz CT molecular complexity index is 418. The highest BCUT2D eigenvalue weighted by Crippen LogP contribution is 2.28. The lowest BCUT2D eigenvalue weighted by atomic mass is 10.2. The first kappa shape index (κ1) is 16.2. The first-order chi connectivity index (χ1) is 10.2. The lowest BCUT2D eigenvalue weighted by molar-refractivity contribution is 0.131. The van der Waals surface area contributed by atoms with Gasteiger partial charge in [-0.1, -0.05) is 13.8 Å². The van der Waals surface area contributed by atoms with E-state index >= 15 is 0 Å². The molecule has 0 spiro atoms. The van der Waals surface area contributed by atoms with Crippen LogP contribution in [0.3, 0.4) is 0 Å². The van der Waals surface area contributed by atoms with Gasteiger partial charge in [-0.05, 0) is 42.9 Å². The first-order valence-corrected chi connectivity index (χ1v) is 8.09. The fourth-order valence-corrected chi connectivity index (χ4v) is 2.26. The van der Waals surface area contributed by atoms with E-state index in [1.54, 1.807) is 0 Å². The largest absolute Gasteiger partial charge is 0.379 e. The Morgan fingerprint density at radius 3 is 2.95 bits per heavy atom. The molecule has 4 nitrogen and oxygen atoms in total. The van der Waals surface area contributed by atoms with Crippen LogP contribution in [0.1, 0.15) is 32.3 Å². The Kier molecular flexibility index (Phi) is 6.46. The lowest BCUT2D eigenvalue weighted by Crippen LogP contribution is -2.26. The standard InChI is InChI=1S/C17H29N3O/c1-14(2)10-19-11-16-6-7-18-12-17(16)20(3)8-9-21-13-15-4-5-15/h6-7,12,14-15,19H,4-5,8-11,13H2,1-3H3. The quantitative estimate of drug-likeness (QED) is 0.673. The molecule has 0 saturated heterocycles. The highest BCUT2D eigenvalue weighted by molar-refractivity contribution is 5.50. The summed E-state index contributed by atoms with van der Waals surface area (Å²) in [6, 6.07) is 2.10. The molecule has 21 heavy (non-hydrogen) atoms. The van der Waals surface area contributed by atoms with Gasteiger partial charge in [-0.2, -0.15) is 0 Å². The summed E-state index contributed by atoms with van der Waals surface area (Å²) in [6.45, 7) is 9.02. The molecular formula is C17H29N3O. The van der Waals surface area contributed by atoms with Crippen LogP contribution in [0.15, 0.2) is 18.5 Å². The number of nitrogens with zero attached hydrogens (tertiary/aromatic N) is 2. The van der Waals surface area contributed by atoms with E-state index in [1.807, 2.05) is 12.4 Å². The second kappa shape index (κ2) is 8.35. The van der Waals surface area contributed by atoms with E-state index in [0.717, 1.165) is 38.8 Å². The van der Waals surface area contributed by atoms with E-state index < -0.39 is 0 Å². The molecule has 1 aliphatic rings. The minimum absolute atomic E-state index is 0.670. The van der Waals surface area contributed by atoms with E-state index in [-0.39, 0.29) is 0 Å². The Balaban J connectivity index is 1.78. The van der Waals surface area contributed by atoms with Gasteiger partial charge in [0, 0.05) is 32.9 Å². The molecule has 1 saturated carbocycles. The second-order valence-electron chi connectivity index (χ2n) is 6.47. The molecule has 4 heteroatoms. The molecule has 0 aliphatic heterocycles. The highest BCUT2D eigenvalue weighted by atomic mass is 16.5. The zero-order chi connectivity index (χ0) is 15.1. The molecule has 0 amide bonds. The van der Waals surface area contributed by atoms with Crippen LogP contribution < -0.4 is 10.2 Å². The molecule has 0 aromatic carbocycles. The van der Waals surface area contributed by atoms with Crippen molar-refractivity contribution in [3.05, 3.63) is 24.0 Å². The Morgan fingerprint density at radius 2 is 2.24 bits per heavy atom. The van der Waals surface area contributed by atoms with Crippen molar-refractivity contribution in [3.63, 3.8) is 0 Å². The van der Waals surface area contributed by atoms with Gasteiger partial charge in [-0.15, -0.1) is 0 Å². The first-order valence-electron chi connectivity index (χ1n) is 8.09. The molecule has 0 atom stereocenters. The highest BCUT2D eigenvalue weighted by Gasteiger charge is 2.21. The molecular weight excluding hydrogens is 262 g/mol. The fourth-order valence-electron chi connectivity index (χ4n) is 2.26. The zero-order valence-electron chi connectivity index (χ0n) is 13.6. The second-order valence-corrected chi connectivity index (χ2v) is 6.47. The Hall–Kier alpha value is -1.13. The number of nitrogens with one attached hydrogen (secondary N) is 1. The van der Waals surface area contributed by atoms with Gasteiger partial charge in [0.1, 0.15) is 0 Å². The third-order valence-corrected chi connectivity index (χ3v) is 3.79. The van der Waals surface area contributed by atoms with Crippen LogP contribution in [-0.4, -0.2) is 38.3 Å². The number of aromatic nitrogens is 1. The van der Waals surface area contributed by atoms with E-state index in [1.165, 1.54) is 24.1 Å². The maximum absolute atomic E-state index is 5.72. The van der Waals surface area contributed by atoms with Gasteiger partial charge in [0.15, 0.2) is 0 Å². The van der Waals surface area contributed by atoms with E-state index in [4.69, 9.17) is 4.74 Å². The van der Waals surface area contributed by atoms with Crippen LogP contribution in [-0.2, 0) is 11.3 Å². The molecule has 2 rings (SSSR count). The maximum atomic E-state index is 5.72. The van der Waals surface area contributed by atoms with E-state index in [2.05, 4.69) is 42.2 Å². The SMILES string of the molecule is CC(C)CNCc1ccncc1N(C)CCOCC1CC1. The summed E-state index contributed by atoms with van der Waals surface area (Å²) in [5.74, 6) is 1.51. The van der Waals surface area contributed by atoms with E-state index in [9.17, 15) is 0 Å². The molecule has 1 aromatic rings. The van der Waals surface area contributed by atoms with Gasteiger partial charge >= 0.3 is 0 Å². The van der Waals surface area contributed by atoms with Gasteiger partial charge in [-0.3, -0.25) is 4.98 Å². The lowest BCUT2D eigenvalue weighted by Gasteiger charge is -2.22. The van der Waals surface area contributed by atoms with Gasteiger partial charge < -0.3 is 15.0 Å². The average molecular weight is 291 g/mol. The van der Waals surface area contributed by atoms with Gasteiger partial charge in [0.05, 0.1) is 18.5 Å². The molecule has 1 aliphatic carbocycles. The van der Waals surface area contributed by atoms with Crippen molar-refractivity contribution in [1.82, 2.24) is 10.3 Å². The molecule has 1 N–H and O–H groups in total. The van der Waals surface area contributed by atoms with Crippen molar-refractivity contribution in [2.45, 2.75) is 33.2 Å². The number of hydrogen-bond acceptors (Lipinski definition) is 4. The van der Waals surface area contributed by atoms with Crippen molar-refractivity contribution in [3.8, 4) is 0 Å². The molecule has 118 valence electrons. The minimum atomic E-state index is 0.670. The average Bonchev–Trinajstić information content (AvgIpc) is 3.28. The zero-order valence-corrected chi connectivity index (χ0v) is 13.6. The molecule has 1 heterocycles. The third-order valence-electron chi connectivity index (χ3n) is 3.79. The van der Waals surface area contributed by atoms with Gasteiger partial charge in [0.2, 0.25) is 0 Å². The van der Waals surface area contributed by atoms with Crippen molar-refractivity contribution in [2.75, 3.05) is 38.3 Å². The summed E-state index contributed by atoms with van der Waals surface area (Å²) in [6.07, 6.45) is 6.52. The fraction of sp³-hybridized carbons (Fsp3) is 0.706. The Labute approximate surface area is 128 Å². The van der Waals surface area contributed by atoms with Crippen molar-refractivity contribution in [1.29, 1.82) is 0 Å². The number of likely N-dealkylation sites (N-methyl/N-ethyl adjacent to an activating group) is 1. The van der Waals surface area contributed by atoms with Crippen LogP contribution in [0.5, 0.6) is 0 Å². The molecule has 1 aromatic heterocycles. The molecule has 0 bridgehead atoms. The number of rotatable bonds is 10. The van der Waals surface area contributed by atoms with Crippen LogP contribution in [0.2, 0.25) is 0 Å². The van der Waals surface area contributed by atoms with Gasteiger partial charge in [-0.25, -0.2) is 0 Å². The van der Waals surface area contributed by atoms with Crippen molar-refractivity contribution < 1.29 is 4.74 Å². The molecule has 0 unspecified atom stereocenters. The molecule has 1 fully saturated rings.